The van der Waals surface area contributed by atoms with Gasteiger partial charge in [-0.15, -0.1) is 10.2 Å². The van der Waals surface area contributed by atoms with Crippen LogP contribution < -0.4 is 0 Å². The first-order chi connectivity index (χ1) is 9.72. The molecule has 3 nitrogen and oxygen atoms in total. The number of hydrogen-bond acceptors (Lipinski definition) is 2. The molecule has 3 aromatic rings. The zero-order valence-electron chi connectivity index (χ0n) is 11.0. The summed E-state index contributed by atoms with van der Waals surface area (Å²) in [4.78, 5) is 0. The van der Waals surface area contributed by atoms with E-state index < -0.39 is 0 Å². The summed E-state index contributed by atoms with van der Waals surface area (Å²) in [7, 11) is 0. The number of alkyl halides is 1. The molecule has 5 heteroatoms. The van der Waals surface area contributed by atoms with Gasteiger partial charge in [0.15, 0.2) is 5.82 Å². The highest BCUT2D eigenvalue weighted by Gasteiger charge is 2.12. The highest BCUT2D eigenvalue weighted by atomic mass is 79.9. The number of halogens is 2. The second-order valence-corrected chi connectivity index (χ2v) is 6.00. The smallest absolute Gasteiger partial charge is 0.163 e. The molecule has 0 spiro atoms. The third kappa shape index (κ3) is 2.40. The quantitative estimate of drug-likeness (QED) is 0.598. The average Bonchev–Trinajstić information content (AvgIpc) is 2.89. The number of hydrogen-bond donors (Lipinski definition) is 0. The van der Waals surface area contributed by atoms with Crippen molar-refractivity contribution in [2.45, 2.75) is 18.8 Å². The molecule has 0 unspecified atom stereocenters. The summed E-state index contributed by atoms with van der Waals surface area (Å²) >= 11 is 6.95. The summed E-state index contributed by atoms with van der Waals surface area (Å²) < 4.78 is 3.23. The molecule has 0 aliphatic rings. The van der Waals surface area contributed by atoms with Gasteiger partial charge in [-0.05, 0) is 35.9 Å². The molecular formula is C15H13Br2N3. The Morgan fingerprint density at radius 3 is 2.55 bits per heavy atom. The van der Waals surface area contributed by atoms with Crippen molar-refractivity contribution in [2.24, 2.45) is 0 Å². The van der Waals surface area contributed by atoms with Crippen molar-refractivity contribution in [3.63, 3.8) is 0 Å². The van der Waals surface area contributed by atoms with Crippen molar-refractivity contribution >= 4 is 42.6 Å². The topological polar surface area (TPSA) is 30.7 Å². The monoisotopic (exact) mass is 393 g/mol. The lowest BCUT2D eigenvalue weighted by molar-refractivity contribution is 0.734. The fraction of sp³-hybridized carbons (Fsp3) is 0.200. The van der Waals surface area contributed by atoms with Gasteiger partial charge in [0.05, 0.1) is 5.33 Å². The average molecular weight is 395 g/mol. The van der Waals surface area contributed by atoms with Crippen molar-refractivity contribution in [3.05, 3.63) is 46.7 Å². The van der Waals surface area contributed by atoms with E-state index in [1.54, 1.807) is 0 Å². The van der Waals surface area contributed by atoms with Crippen LogP contribution in [0.25, 0.3) is 22.2 Å². The molecule has 0 saturated carbocycles. The van der Waals surface area contributed by atoms with Gasteiger partial charge >= 0.3 is 0 Å². The Morgan fingerprint density at radius 1 is 1.05 bits per heavy atom. The van der Waals surface area contributed by atoms with Gasteiger partial charge in [-0.1, -0.05) is 50.1 Å². The molecular weight excluding hydrogens is 382 g/mol. The van der Waals surface area contributed by atoms with Crippen molar-refractivity contribution in [2.75, 3.05) is 0 Å². The number of fused-ring (bicyclic) bond motifs is 1. The van der Waals surface area contributed by atoms with Gasteiger partial charge < -0.3 is 4.57 Å². The molecule has 0 amide bonds. The standard InChI is InChI=1S/C15H13Br2N3/c1-2-20-14(9-16)18-19-15(20)12-4-3-11-8-13(17)6-5-10(11)7-12/h3-8H,2,9H2,1H3. The summed E-state index contributed by atoms with van der Waals surface area (Å²) in [5.41, 5.74) is 1.10. The van der Waals surface area contributed by atoms with Gasteiger partial charge in [0.2, 0.25) is 0 Å². The van der Waals surface area contributed by atoms with Gasteiger partial charge in [0.1, 0.15) is 5.82 Å². The Bertz CT molecular complexity index is 765. The first-order valence-corrected chi connectivity index (χ1v) is 8.32. The van der Waals surface area contributed by atoms with Gasteiger partial charge in [0, 0.05) is 16.6 Å². The molecule has 0 aliphatic carbocycles. The van der Waals surface area contributed by atoms with Gasteiger partial charge in [-0.2, -0.15) is 0 Å². The summed E-state index contributed by atoms with van der Waals surface area (Å²) in [6.07, 6.45) is 0. The normalized spacial score (nSPS) is 11.2. The van der Waals surface area contributed by atoms with Crippen LogP contribution in [0.3, 0.4) is 0 Å². The zero-order chi connectivity index (χ0) is 14.1. The minimum absolute atomic E-state index is 0.717. The van der Waals surface area contributed by atoms with Gasteiger partial charge in [-0.3, -0.25) is 0 Å². The molecule has 1 heterocycles. The number of aromatic nitrogens is 3. The summed E-state index contributed by atoms with van der Waals surface area (Å²) in [6, 6.07) is 12.7. The van der Waals surface area contributed by atoms with Crippen LogP contribution in [0.5, 0.6) is 0 Å². The van der Waals surface area contributed by atoms with E-state index >= 15 is 0 Å². The molecule has 0 saturated heterocycles. The van der Waals surface area contributed by atoms with E-state index in [1.165, 1.54) is 10.8 Å². The van der Waals surface area contributed by atoms with Crippen LogP contribution in [0.2, 0.25) is 0 Å². The van der Waals surface area contributed by atoms with E-state index in [-0.39, 0.29) is 0 Å². The van der Waals surface area contributed by atoms with E-state index in [2.05, 4.69) is 89.9 Å². The summed E-state index contributed by atoms with van der Waals surface area (Å²) in [5, 5.41) is 11.7. The van der Waals surface area contributed by atoms with Crippen molar-refractivity contribution in [1.82, 2.24) is 14.8 Å². The van der Waals surface area contributed by atoms with E-state index in [9.17, 15) is 0 Å². The number of nitrogens with zero attached hydrogens (tertiary/aromatic N) is 3. The third-order valence-corrected chi connectivity index (χ3v) is 4.32. The Labute approximate surface area is 134 Å². The predicted molar refractivity (Wildman–Crippen MR) is 89.0 cm³/mol. The first-order valence-electron chi connectivity index (χ1n) is 6.40. The van der Waals surface area contributed by atoms with E-state index in [0.717, 1.165) is 28.2 Å². The summed E-state index contributed by atoms with van der Waals surface area (Å²) in [6.45, 7) is 2.97. The molecule has 1 aromatic heterocycles. The van der Waals surface area contributed by atoms with E-state index in [1.807, 2.05) is 0 Å². The second kappa shape index (κ2) is 5.66. The van der Waals surface area contributed by atoms with Crippen molar-refractivity contribution in [1.29, 1.82) is 0 Å². The van der Waals surface area contributed by atoms with Gasteiger partial charge in [0.25, 0.3) is 0 Å². The molecule has 0 bridgehead atoms. The summed E-state index contributed by atoms with van der Waals surface area (Å²) in [5.74, 6) is 1.88. The Balaban J connectivity index is 2.15. The van der Waals surface area contributed by atoms with Crippen LogP contribution in [0, 0.1) is 0 Å². The number of rotatable bonds is 3. The lowest BCUT2D eigenvalue weighted by Gasteiger charge is -2.07. The molecule has 0 N–H and O–H groups in total. The van der Waals surface area contributed by atoms with Crippen LogP contribution in [-0.2, 0) is 11.9 Å². The minimum atomic E-state index is 0.717. The molecule has 2 aromatic carbocycles. The van der Waals surface area contributed by atoms with Crippen LogP contribution in [0.4, 0.5) is 0 Å². The molecule has 20 heavy (non-hydrogen) atoms. The number of benzene rings is 2. The van der Waals surface area contributed by atoms with Gasteiger partial charge in [-0.25, -0.2) is 0 Å². The zero-order valence-corrected chi connectivity index (χ0v) is 14.1. The van der Waals surface area contributed by atoms with Crippen LogP contribution in [-0.4, -0.2) is 14.8 Å². The maximum atomic E-state index is 4.33. The van der Waals surface area contributed by atoms with Crippen LogP contribution >= 0.6 is 31.9 Å². The highest BCUT2D eigenvalue weighted by molar-refractivity contribution is 9.10. The fourth-order valence-corrected chi connectivity index (χ4v) is 3.13. The minimum Gasteiger partial charge on any atom is -0.311 e. The third-order valence-electron chi connectivity index (χ3n) is 3.32. The molecule has 0 aliphatic heterocycles. The molecule has 0 atom stereocenters. The second-order valence-electron chi connectivity index (χ2n) is 4.52. The highest BCUT2D eigenvalue weighted by Crippen LogP contribution is 2.26. The molecule has 102 valence electrons. The Hall–Kier alpha value is -1.20. The molecule has 0 radical (unpaired) electrons. The lowest BCUT2D eigenvalue weighted by Crippen LogP contribution is -2.01. The Morgan fingerprint density at radius 2 is 1.80 bits per heavy atom. The van der Waals surface area contributed by atoms with Crippen molar-refractivity contribution < 1.29 is 0 Å². The van der Waals surface area contributed by atoms with Crippen LogP contribution in [0.1, 0.15) is 12.7 Å². The van der Waals surface area contributed by atoms with Crippen molar-refractivity contribution in [3.8, 4) is 11.4 Å². The largest absolute Gasteiger partial charge is 0.311 e. The Kier molecular flexibility index (Phi) is 3.89. The van der Waals surface area contributed by atoms with E-state index in [0.29, 0.717) is 5.33 Å². The maximum Gasteiger partial charge on any atom is 0.163 e. The fourth-order valence-electron chi connectivity index (χ4n) is 2.34. The first kappa shape index (κ1) is 13.8. The van der Waals surface area contributed by atoms with E-state index in [4.69, 9.17) is 0 Å². The predicted octanol–water partition coefficient (Wildman–Crippen LogP) is 4.78. The van der Waals surface area contributed by atoms with Crippen LogP contribution in [0.15, 0.2) is 40.9 Å². The molecule has 0 fully saturated rings. The molecule has 3 rings (SSSR count). The lowest BCUT2D eigenvalue weighted by atomic mass is 10.1. The SMILES string of the molecule is CCn1c(CBr)nnc1-c1ccc2cc(Br)ccc2c1. The maximum absolute atomic E-state index is 4.33.